The molecule has 0 unspecified atom stereocenters. The van der Waals surface area contributed by atoms with Crippen LogP contribution in [0.3, 0.4) is 0 Å². The summed E-state index contributed by atoms with van der Waals surface area (Å²) in [7, 11) is 0. The summed E-state index contributed by atoms with van der Waals surface area (Å²) in [4.78, 5) is 42.1. The number of benzene rings is 3. The summed E-state index contributed by atoms with van der Waals surface area (Å²) in [5, 5.41) is 10.7. The lowest BCUT2D eigenvalue weighted by molar-refractivity contribution is -0.137. The summed E-state index contributed by atoms with van der Waals surface area (Å²) >= 11 is 0. The van der Waals surface area contributed by atoms with Gasteiger partial charge in [0.15, 0.2) is 0 Å². The minimum absolute atomic E-state index is 0.0265. The van der Waals surface area contributed by atoms with E-state index in [0.717, 1.165) is 10.6 Å². The first-order valence-electron chi connectivity index (χ1n) is 9.01. The second-order valence-electron chi connectivity index (χ2n) is 6.53. The maximum absolute atomic E-state index is 13.0. The highest BCUT2D eigenvalue weighted by molar-refractivity contribution is 6.25. The number of hydroxylamine groups is 2. The van der Waals surface area contributed by atoms with E-state index in [9.17, 15) is 14.4 Å². The van der Waals surface area contributed by atoms with Gasteiger partial charge in [-0.05, 0) is 29.1 Å². The quantitative estimate of drug-likeness (QED) is 0.621. The Labute approximate surface area is 166 Å². The number of hydrogen-bond acceptors (Lipinski definition) is 5. The topological polar surface area (TPSA) is 93.1 Å². The van der Waals surface area contributed by atoms with Crippen molar-refractivity contribution in [3.05, 3.63) is 77.4 Å². The molecule has 1 N–H and O–H groups in total. The van der Waals surface area contributed by atoms with Gasteiger partial charge in [0.25, 0.3) is 11.8 Å². The van der Waals surface area contributed by atoms with Gasteiger partial charge < -0.3 is 9.84 Å². The van der Waals surface area contributed by atoms with Gasteiger partial charge in [-0.15, -0.1) is 5.06 Å². The first kappa shape index (κ1) is 18.6. The van der Waals surface area contributed by atoms with Crippen LogP contribution < -0.4 is 4.74 Å². The fourth-order valence-electron chi connectivity index (χ4n) is 3.23. The van der Waals surface area contributed by atoms with Crippen molar-refractivity contribution in [3.63, 3.8) is 0 Å². The normalized spacial score (nSPS) is 13.0. The second kappa shape index (κ2) is 7.73. The van der Waals surface area contributed by atoms with E-state index < -0.39 is 17.8 Å². The smallest absolute Gasteiger partial charge is 0.306 e. The molecular formula is C22H17NO6. The maximum Gasteiger partial charge on any atom is 0.306 e. The van der Waals surface area contributed by atoms with Gasteiger partial charge in [0, 0.05) is 5.39 Å². The van der Waals surface area contributed by atoms with Crippen LogP contribution in [0.1, 0.15) is 32.7 Å². The minimum atomic E-state index is -0.975. The molecule has 29 heavy (non-hydrogen) atoms. The molecule has 0 saturated heterocycles. The molecule has 0 saturated carbocycles. The molecule has 7 nitrogen and oxygen atoms in total. The molecule has 3 aromatic rings. The zero-order valence-corrected chi connectivity index (χ0v) is 15.3. The third kappa shape index (κ3) is 3.68. The highest BCUT2D eigenvalue weighted by Crippen LogP contribution is 2.34. The van der Waals surface area contributed by atoms with Crippen molar-refractivity contribution in [1.29, 1.82) is 0 Å². The van der Waals surface area contributed by atoms with Gasteiger partial charge >= 0.3 is 5.97 Å². The number of carboxylic acid groups (broad SMARTS) is 1. The third-order valence-corrected chi connectivity index (χ3v) is 4.57. The van der Waals surface area contributed by atoms with Gasteiger partial charge in [-0.25, -0.2) is 0 Å². The van der Waals surface area contributed by atoms with E-state index in [1.54, 1.807) is 24.3 Å². The monoisotopic (exact) mass is 391 g/mol. The van der Waals surface area contributed by atoms with Crippen LogP contribution in [0.15, 0.2) is 60.7 Å². The molecule has 146 valence electrons. The number of carbonyl (C=O) groups excluding carboxylic acids is 2. The summed E-state index contributed by atoms with van der Waals surface area (Å²) < 4.78 is 5.49. The third-order valence-electron chi connectivity index (χ3n) is 4.57. The van der Waals surface area contributed by atoms with Crippen molar-refractivity contribution in [3.8, 4) is 5.75 Å². The predicted molar refractivity (Wildman–Crippen MR) is 103 cm³/mol. The van der Waals surface area contributed by atoms with Gasteiger partial charge in [0.1, 0.15) is 12.4 Å². The number of imide groups is 1. The Kier molecular flexibility index (Phi) is 4.97. The average Bonchev–Trinajstić information content (AvgIpc) is 2.72. The number of carboxylic acids is 1. The predicted octanol–water partition coefficient (Wildman–Crippen LogP) is 3.42. The Hall–Kier alpha value is -3.71. The van der Waals surface area contributed by atoms with E-state index in [-0.39, 0.29) is 25.2 Å². The number of nitrogens with zero attached hydrogens (tertiary/aromatic N) is 1. The number of carbonyl (C=O) groups is 3. The summed E-state index contributed by atoms with van der Waals surface area (Å²) in [6, 6.07) is 17.5. The zero-order valence-electron chi connectivity index (χ0n) is 15.3. The standard InChI is InChI=1S/C22H17NO6/c24-19(25)9-10-28-16-11-15-7-4-8-17-20(15)18(12-16)22(27)23(21(17)26)29-13-14-5-2-1-3-6-14/h1-8,11-12H,9-10,13H2,(H,24,25). The van der Waals surface area contributed by atoms with Gasteiger partial charge in [-0.2, -0.15) is 0 Å². The molecular weight excluding hydrogens is 374 g/mol. The Bertz CT molecular complexity index is 1110. The lowest BCUT2D eigenvalue weighted by Crippen LogP contribution is -2.40. The van der Waals surface area contributed by atoms with Crippen LogP contribution in [-0.4, -0.2) is 34.6 Å². The van der Waals surface area contributed by atoms with Crippen LogP contribution in [0.2, 0.25) is 0 Å². The van der Waals surface area contributed by atoms with E-state index in [1.165, 1.54) is 6.07 Å². The molecule has 0 aromatic heterocycles. The average molecular weight is 391 g/mol. The molecule has 1 aliphatic heterocycles. The van der Waals surface area contributed by atoms with Crippen molar-refractivity contribution in [2.24, 2.45) is 0 Å². The number of aliphatic carboxylic acids is 1. The van der Waals surface area contributed by atoms with Crippen LogP contribution in [0.25, 0.3) is 10.8 Å². The van der Waals surface area contributed by atoms with Gasteiger partial charge in [0.05, 0.1) is 24.2 Å². The molecule has 0 atom stereocenters. The van der Waals surface area contributed by atoms with Crippen LogP contribution in [-0.2, 0) is 16.2 Å². The Morgan fingerprint density at radius 1 is 0.931 bits per heavy atom. The lowest BCUT2D eigenvalue weighted by atomic mass is 9.94. The molecule has 0 bridgehead atoms. The van der Waals surface area contributed by atoms with Crippen molar-refractivity contribution in [2.75, 3.05) is 6.61 Å². The Morgan fingerprint density at radius 3 is 2.45 bits per heavy atom. The van der Waals surface area contributed by atoms with E-state index in [4.69, 9.17) is 14.7 Å². The molecule has 1 heterocycles. The van der Waals surface area contributed by atoms with Crippen LogP contribution in [0, 0.1) is 0 Å². The molecule has 0 radical (unpaired) electrons. The van der Waals surface area contributed by atoms with Crippen LogP contribution in [0.5, 0.6) is 5.75 Å². The van der Waals surface area contributed by atoms with Crippen LogP contribution in [0.4, 0.5) is 0 Å². The Morgan fingerprint density at radius 2 is 1.69 bits per heavy atom. The maximum atomic E-state index is 13.0. The lowest BCUT2D eigenvalue weighted by Gasteiger charge is -2.26. The first-order chi connectivity index (χ1) is 14.0. The molecule has 7 heteroatoms. The molecule has 2 amide bonds. The molecule has 3 aromatic carbocycles. The van der Waals surface area contributed by atoms with Crippen molar-refractivity contribution >= 4 is 28.6 Å². The summed E-state index contributed by atoms with van der Waals surface area (Å²) in [5.41, 5.74) is 1.46. The van der Waals surface area contributed by atoms with E-state index in [2.05, 4.69) is 0 Å². The Balaban J connectivity index is 1.66. The first-order valence-corrected chi connectivity index (χ1v) is 9.01. The summed E-state index contributed by atoms with van der Waals surface area (Å²) in [6.07, 6.45) is -0.161. The number of ether oxygens (including phenoxy) is 1. The molecule has 0 aliphatic carbocycles. The zero-order chi connectivity index (χ0) is 20.4. The second-order valence-corrected chi connectivity index (χ2v) is 6.53. The number of hydrogen-bond donors (Lipinski definition) is 1. The van der Waals surface area contributed by atoms with E-state index in [0.29, 0.717) is 22.1 Å². The summed E-state index contributed by atoms with van der Waals surface area (Å²) in [6.45, 7) is 0.0414. The van der Waals surface area contributed by atoms with Gasteiger partial charge in [-0.1, -0.05) is 42.5 Å². The van der Waals surface area contributed by atoms with E-state index >= 15 is 0 Å². The van der Waals surface area contributed by atoms with Crippen molar-refractivity contribution in [2.45, 2.75) is 13.0 Å². The van der Waals surface area contributed by atoms with Gasteiger partial charge in [0.2, 0.25) is 0 Å². The van der Waals surface area contributed by atoms with Crippen molar-refractivity contribution < 1.29 is 29.1 Å². The SMILES string of the molecule is O=C(O)CCOc1cc2c3c(cccc3c1)C(=O)N(OCc1ccccc1)C2=O. The minimum Gasteiger partial charge on any atom is -0.493 e. The highest BCUT2D eigenvalue weighted by Gasteiger charge is 2.34. The summed E-state index contributed by atoms with van der Waals surface area (Å²) in [5.74, 6) is -1.73. The van der Waals surface area contributed by atoms with Gasteiger partial charge in [-0.3, -0.25) is 19.2 Å². The molecule has 0 fully saturated rings. The number of amides is 2. The fourth-order valence-corrected chi connectivity index (χ4v) is 3.23. The molecule has 4 rings (SSSR count). The number of rotatable bonds is 7. The fraction of sp³-hybridized carbons (Fsp3) is 0.136. The largest absolute Gasteiger partial charge is 0.493 e. The van der Waals surface area contributed by atoms with Crippen LogP contribution >= 0.6 is 0 Å². The molecule has 1 aliphatic rings. The van der Waals surface area contributed by atoms with Crippen molar-refractivity contribution in [1.82, 2.24) is 5.06 Å². The van der Waals surface area contributed by atoms with E-state index in [1.807, 2.05) is 30.3 Å². The highest BCUT2D eigenvalue weighted by atomic mass is 16.7. The molecule has 0 spiro atoms.